The van der Waals surface area contributed by atoms with Crippen LogP contribution in [0.4, 0.5) is 0 Å². The Balaban J connectivity index is 1.60. The Morgan fingerprint density at radius 3 is 2.38 bits per heavy atom. The molecule has 0 amide bonds. The van der Waals surface area contributed by atoms with E-state index in [-0.39, 0.29) is 10.6 Å². The first-order chi connectivity index (χ1) is 19.0. The second-order valence-electron chi connectivity index (χ2n) is 9.35. The average molecular weight is 575 g/mol. The van der Waals surface area contributed by atoms with Crippen molar-refractivity contribution in [2.24, 2.45) is 5.14 Å². The van der Waals surface area contributed by atoms with Crippen LogP contribution in [0.15, 0.2) is 77.1 Å². The van der Waals surface area contributed by atoms with Gasteiger partial charge in [0.15, 0.2) is 5.69 Å². The van der Waals surface area contributed by atoms with Gasteiger partial charge in [-0.25, -0.2) is 28.0 Å². The van der Waals surface area contributed by atoms with Crippen LogP contribution in [0.25, 0.3) is 27.5 Å². The summed E-state index contributed by atoms with van der Waals surface area (Å²) in [7, 11) is -2.15. The minimum Gasteiger partial charge on any atom is -0.496 e. The van der Waals surface area contributed by atoms with E-state index in [9.17, 15) is 18.3 Å². The van der Waals surface area contributed by atoms with Crippen molar-refractivity contribution >= 4 is 27.3 Å². The van der Waals surface area contributed by atoms with Gasteiger partial charge in [-0.05, 0) is 72.0 Å². The predicted molar refractivity (Wildman–Crippen MR) is 154 cm³/mol. The summed E-state index contributed by atoms with van der Waals surface area (Å²) in [6.45, 7) is 4.05. The first kappa shape index (κ1) is 27.3. The lowest BCUT2D eigenvalue weighted by atomic mass is 9.94. The SMILES string of the molecule is COc1ccc(-c2cc(-c3nn(-c4nc(C(=O)O)cs4)cc3Cc3ccc(S(N)(=O)=O)cc3)ccc2C)cc1C. The standard InChI is InChI=1S/C29H26N4O5S2/c1-17-4-7-21(14-24(17)20-8-11-26(38-3)18(2)12-20)27-22(13-19-5-9-23(10-6-19)40(30,36)37)15-33(32-27)29-31-25(16-39-29)28(34)35/h4-12,14-16H,13H2,1-3H3,(H,34,35)(H2,30,36,37). The van der Waals surface area contributed by atoms with Crippen LogP contribution in [-0.4, -0.2) is 41.4 Å². The van der Waals surface area contributed by atoms with E-state index in [0.717, 1.165) is 44.7 Å². The molecule has 0 radical (unpaired) electrons. The van der Waals surface area contributed by atoms with Crippen LogP contribution in [0.1, 0.15) is 32.7 Å². The minimum atomic E-state index is -3.80. The lowest BCUT2D eigenvalue weighted by molar-refractivity contribution is 0.0691. The number of hydrogen-bond acceptors (Lipinski definition) is 7. The minimum absolute atomic E-state index is 0.0362. The van der Waals surface area contributed by atoms with E-state index in [0.29, 0.717) is 17.2 Å². The molecule has 5 rings (SSSR count). The van der Waals surface area contributed by atoms with Crippen molar-refractivity contribution < 1.29 is 23.1 Å². The average Bonchev–Trinajstić information content (AvgIpc) is 3.57. The van der Waals surface area contributed by atoms with E-state index in [1.54, 1.807) is 23.9 Å². The zero-order chi connectivity index (χ0) is 28.6. The number of carboxylic acid groups (broad SMARTS) is 1. The van der Waals surface area contributed by atoms with Gasteiger partial charge < -0.3 is 9.84 Å². The number of carboxylic acids is 1. The van der Waals surface area contributed by atoms with Crippen LogP contribution >= 0.6 is 11.3 Å². The molecule has 0 unspecified atom stereocenters. The molecule has 0 bridgehead atoms. The Bertz CT molecular complexity index is 1840. The van der Waals surface area contributed by atoms with Crippen molar-refractivity contribution in [3.05, 3.63) is 100 Å². The van der Waals surface area contributed by atoms with Crippen LogP contribution in [0.5, 0.6) is 5.75 Å². The second-order valence-corrected chi connectivity index (χ2v) is 11.7. The fourth-order valence-electron chi connectivity index (χ4n) is 4.49. The van der Waals surface area contributed by atoms with Crippen molar-refractivity contribution in [1.82, 2.24) is 14.8 Å². The number of hydrogen-bond donors (Lipinski definition) is 2. The molecule has 0 saturated heterocycles. The number of aromatic carboxylic acids is 1. The van der Waals surface area contributed by atoms with Gasteiger partial charge in [0.1, 0.15) is 5.75 Å². The molecule has 3 N–H and O–H groups in total. The number of rotatable bonds is 8. The van der Waals surface area contributed by atoms with E-state index >= 15 is 0 Å². The van der Waals surface area contributed by atoms with Gasteiger partial charge in [-0.2, -0.15) is 5.10 Å². The largest absolute Gasteiger partial charge is 0.496 e. The number of nitrogens with two attached hydrogens (primary N) is 1. The number of aromatic nitrogens is 3. The molecular formula is C29H26N4O5S2. The molecule has 0 aliphatic heterocycles. The van der Waals surface area contributed by atoms with Gasteiger partial charge in [-0.3, -0.25) is 0 Å². The Kier molecular flexibility index (Phi) is 7.28. The number of primary sulfonamides is 1. The van der Waals surface area contributed by atoms with Crippen LogP contribution in [0.2, 0.25) is 0 Å². The molecular weight excluding hydrogens is 548 g/mol. The molecule has 11 heteroatoms. The third-order valence-electron chi connectivity index (χ3n) is 6.56. The lowest BCUT2D eigenvalue weighted by Crippen LogP contribution is -2.11. The summed E-state index contributed by atoms with van der Waals surface area (Å²) < 4.78 is 30.4. The van der Waals surface area contributed by atoms with Crippen molar-refractivity contribution in [2.45, 2.75) is 25.2 Å². The maximum absolute atomic E-state index is 11.7. The molecule has 5 aromatic rings. The van der Waals surface area contributed by atoms with Gasteiger partial charge in [0.2, 0.25) is 15.2 Å². The number of sulfonamides is 1. The van der Waals surface area contributed by atoms with Crippen molar-refractivity contribution in [3.63, 3.8) is 0 Å². The summed E-state index contributed by atoms with van der Waals surface area (Å²) in [6.07, 6.45) is 2.27. The summed E-state index contributed by atoms with van der Waals surface area (Å²) >= 11 is 1.18. The Morgan fingerprint density at radius 1 is 1.02 bits per heavy atom. The van der Waals surface area contributed by atoms with E-state index in [1.807, 2.05) is 44.3 Å². The third kappa shape index (κ3) is 5.53. The highest BCUT2D eigenvalue weighted by Crippen LogP contribution is 2.34. The number of methoxy groups -OCH3 is 1. The summed E-state index contributed by atoms with van der Waals surface area (Å²) in [4.78, 5) is 15.6. The van der Waals surface area contributed by atoms with Gasteiger partial charge in [-0.15, -0.1) is 11.3 Å². The molecule has 2 aromatic heterocycles. The van der Waals surface area contributed by atoms with Gasteiger partial charge in [0.05, 0.1) is 17.7 Å². The first-order valence-electron chi connectivity index (χ1n) is 12.2. The highest BCUT2D eigenvalue weighted by molar-refractivity contribution is 7.89. The molecule has 0 atom stereocenters. The molecule has 9 nitrogen and oxygen atoms in total. The van der Waals surface area contributed by atoms with Crippen molar-refractivity contribution in [2.75, 3.05) is 7.11 Å². The number of benzene rings is 3. The van der Waals surface area contributed by atoms with E-state index in [1.165, 1.54) is 28.8 Å². The van der Waals surface area contributed by atoms with Crippen LogP contribution < -0.4 is 9.88 Å². The van der Waals surface area contributed by atoms with Gasteiger partial charge in [0.25, 0.3) is 0 Å². The summed E-state index contributed by atoms with van der Waals surface area (Å²) in [5, 5.41) is 21.3. The summed E-state index contributed by atoms with van der Waals surface area (Å²) in [6, 6.07) is 18.6. The highest BCUT2D eigenvalue weighted by atomic mass is 32.2. The molecule has 40 heavy (non-hydrogen) atoms. The van der Waals surface area contributed by atoms with E-state index in [2.05, 4.69) is 17.1 Å². The fraction of sp³-hybridized carbons (Fsp3) is 0.138. The molecule has 0 spiro atoms. The maximum Gasteiger partial charge on any atom is 0.355 e. The molecule has 0 saturated carbocycles. The van der Waals surface area contributed by atoms with Crippen molar-refractivity contribution in [1.29, 1.82) is 0 Å². The molecule has 0 aliphatic rings. The fourth-order valence-corrected chi connectivity index (χ4v) is 5.73. The molecule has 0 fully saturated rings. The number of aryl methyl sites for hydroxylation is 2. The topological polar surface area (TPSA) is 137 Å². The smallest absolute Gasteiger partial charge is 0.355 e. The van der Waals surface area contributed by atoms with Gasteiger partial charge in [-0.1, -0.05) is 30.3 Å². The number of nitrogens with zero attached hydrogens (tertiary/aromatic N) is 3. The first-order valence-corrected chi connectivity index (χ1v) is 14.6. The molecule has 204 valence electrons. The molecule has 0 aliphatic carbocycles. The highest BCUT2D eigenvalue weighted by Gasteiger charge is 2.18. The number of ether oxygens (including phenoxy) is 1. The van der Waals surface area contributed by atoms with Crippen LogP contribution in [0.3, 0.4) is 0 Å². The van der Waals surface area contributed by atoms with Gasteiger partial charge >= 0.3 is 5.97 Å². The summed E-state index contributed by atoms with van der Waals surface area (Å²) in [5.74, 6) is -0.292. The Hall–Kier alpha value is -4.32. The Morgan fingerprint density at radius 2 is 1.75 bits per heavy atom. The third-order valence-corrected chi connectivity index (χ3v) is 8.32. The monoisotopic (exact) mass is 574 g/mol. The zero-order valence-corrected chi connectivity index (χ0v) is 23.6. The number of carbonyl (C=O) groups is 1. The predicted octanol–water partition coefficient (Wildman–Crippen LogP) is 5.22. The summed E-state index contributed by atoms with van der Waals surface area (Å²) in [5.41, 5.74) is 7.45. The van der Waals surface area contributed by atoms with E-state index < -0.39 is 16.0 Å². The quantitative estimate of drug-likeness (QED) is 0.259. The normalized spacial score (nSPS) is 11.5. The second kappa shape index (κ2) is 10.7. The zero-order valence-electron chi connectivity index (χ0n) is 22.0. The molecule has 3 aromatic carbocycles. The number of thiazole rings is 1. The van der Waals surface area contributed by atoms with E-state index in [4.69, 9.17) is 15.0 Å². The Labute approximate surface area is 235 Å². The van der Waals surface area contributed by atoms with Gasteiger partial charge in [0, 0.05) is 29.1 Å². The van der Waals surface area contributed by atoms with Crippen LogP contribution in [0, 0.1) is 13.8 Å². The maximum atomic E-state index is 11.7. The lowest BCUT2D eigenvalue weighted by Gasteiger charge is -2.12. The molecule has 2 heterocycles. The van der Waals surface area contributed by atoms with Crippen molar-refractivity contribution in [3.8, 4) is 33.3 Å². The van der Waals surface area contributed by atoms with Crippen LogP contribution in [-0.2, 0) is 16.4 Å².